The standard InChI is InChI=1S/C21H38O3SSi/c1-5-9-12-19-14-15-21(20(18-19)13-10-6-2)24-26(22-7-3,23-8-4)17-11-16-25/h14-15,18,25H,5-13,16-17H2,1-4H3. The number of hydrogen-bond donors (Lipinski definition) is 1. The molecule has 0 unspecified atom stereocenters. The second-order valence-corrected chi connectivity index (χ2v) is 9.72. The van der Waals surface area contributed by atoms with E-state index < -0.39 is 8.80 Å². The molecule has 0 aromatic heterocycles. The Hall–Kier alpha value is -0.493. The maximum absolute atomic E-state index is 6.53. The largest absolute Gasteiger partial charge is 0.566 e. The van der Waals surface area contributed by atoms with E-state index in [1.165, 1.54) is 36.8 Å². The summed E-state index contributed by atoms with van der Waals surface area (Å²) in [6.07, 6.45) is 7.91. The van der Waals surface area contributed by atoms with Crippen molar-refractivity contribution in [1.82, 2.24) is 0 Å². The molecule has 0 heterocycles. The van der Waals surface area contributed by atoms with Crippen LogP contribution < -0.4 is 4.43 Å². The molecule has 1 aromatic carbocycles. The molecule has 5 heteroatoms. The summed E-state index contributed by atoms with van der Waals surface area (Å²) in [5.41, 5.74) is 2.70. The Kier molecular flexibility index (Phi) is 12.4. The van der Waals surface area contributed by atoms with Crippen LogP contribution in [0.5, 0.6) is 5.75 Å². The van der Waals surface area contributed by atoms with Gasteiger partial charge in [-0.1, -0.05) is 38.8 Å². The number of thiol groups is 1. The number of rotatable bonds is 15. The lowest BCUT2D eigenvalue weighted by Gasteiger charge is -2.30. The summed E-state index contributed by atoms with van der Waals surface area (Å²) >= 11 is 4.36. The lowest BCUT2D eigenvalue weighted by Crippen LogP contribution is -2.49. The first-order chi connectivity index (χ1) is 12.6. The van der Waals surface area contributed by atoms with Crippen LogP contribution in [0.1, 0.15) is 70.9 Å². The highest BCUT2D eigenvalue weighted by molar-refractivity contribution is 7.80. The van der Waals surface area contributed by atoms with Crippen LogP contribution in [0, 0.1) is 0 Å². The summed E-state index contributed by atoms with van der Waals surface area (Å²) in [6, 6.07) is 7.48. The highest BCUT2D eigenvalue weighted by Gasteiger charge is 2.42. The summed E-state index contributed by atoms with van der Waals surface area (Å²) in [4.78, 5) is 0. The monoisotopic (exact) mass is 398 g/mol. The van der Waals surface area contributed by atoms with Gasteiger partial charge in [0, 0.05) is 19.3 Å². The minimum atomic E-state index is -2.72. The van der Waals surface area contributed by atoms with E-state index in [1.54, 1.807) is 0 Å². The van der Waals surface area contributed by atoms with Crippen molar-refractivity contribution in [2.75, 3.05) is 19.0 Å². The summed E-state index contributed by atoms with van der Waals surface area (Å²) in [7, 11) is -2.72. The van der Waals surface area contributed by atoms with Gasteiger partial charge >= 0.3 is 8.80 Å². The predicted molar refractivity (Wildman–Crippen MR) is 117 cm³/mol. The van der Waals surface area contributed by atoms with E-state index in [9.17, 15) is 0 Å². The molecule has 26 heavy (non-hydrogen) atoms. The molecular weight excluding hydrogens is 360 g/mol. The zero-order chi connectivity index (χ0) is 19.3. The van der Waals surface area contributed by atoms with Crippen LogP contribution >= 0.6 is 12.6 Å². The zero-order valence-corrected chi connectivity index (χ0v) is 19.1. The SMILES string of the molecule is CCCCc1ccc(O[Si](CCCS)(OCC)OCC)c(CCCC)c1. The first-order valence-corrected chi connectivity index (χ1v) is 12.9. The molecule has 3 nitrogen and oxygen atoms in total. The Morgan fingerprint density at radius 1 is 0.885 bits per heavy atom. The van der Waals surface area contributed by atoms with Crippen LogP contribution in [0.4, 0.5) is 0 Å². The number of aryl methyl sites for hydroxylation is 2. The average Bonchev–Trinajstić information content (AvgIpc) is 2.64. The Labute approximate surface area is 167 Å². The van der Waals surface area contributed by atoms with Gasteiger partial charge < -0.3 is 13.3 Å². The van der Waals surface area contributed by atoms with Gasteiger partial charge in [0.2, 0.25) is 0 Å². The molecule has 0 radical (unpaired) electrons. The highest BCUT2D eigenvalue weighted by Crippen LogP contribution is 2.29. The molecule has 0 spiro atoms. The van der Waals surface area contributed by atoms with Crippen molar-refractivity contribution in [3.05, 3.63) is 29.3 Å². The normalized spacial score (nSPS) is 11.7. The maximum Gasteiger partial charge on any atom is 0.566 e. The Morgan fingerprint density at radius 3 is 2.12 bits per heavy atom. The van der Waals surface area contributed by atoms with Crippen molar-refractivity contribution >= 4 is 21.4 Å². The average molecular weight is 399 g/mol. The molecule has 0 amide bonds. The van der Waals surface area contributed by atoms with Crippen LogP contribution in [-0.4, -0.2) is 27.8 Å². The fourth-order valence-corrected chi connectivity index (χ4v) is 6.10. The van der Waals surface area contributed by atoms with Gasteiger partial charge in [-0.05, 0) is 68.9 Å². The molecule has 150 valence electrons. The minimum Gasteiger partial charge on any atom is -0.500 e. The molecule has 0 fully saturated rings. The van der Waals surface area contributed by atoms with Crippen LogP contribution in [0.3, 0.4) is 0 Å². The molecule has 1 aromatic rings. The highest BCUT2D eigenvalue weighted by atomic mass is 32.1. The molecule has 0 aliphatic carbocycles. The third-order valence-corrected chi connectivity index (χ3v) is 7.65. The van der Waals surface area contributed by atoms with E-state index in [1.807, 2.05) is 13.8 Å². The van der Waals surface area contributed by atoms with Crippen molar-refractivity contribution in [3.8, 4) is 5.75 Å². The van der Waals surface area contributed by atoms with E-state index in [0.29, 0.717) is 13.2 Å². The second-order valence-electron chi connectivity index (χ2n) is 6.63. The summed E-state index contributed by atoms with van der Waals surface area (Å²) < 4.78 is 18.7. The van der Waals surface area contributed by atoms with E-state index >= 15 is 0 Å². The molecule has 0 N–H and O–H groups in total. The summed E-state index contributed by atoms with van der Waals surface area (Å²) in [5, 5.41) is 0. The predicted octanol–water partition coefficient (Wildman–Crippen LogP) is 6.08. The Balaban J connectivity index is 3.09. The molecule has 0 saturated heterocycles. The fourth-order valence-electron chi connectivity index (χ4n) is 3.03. The Bertz CT molecular complexity index is 490. The van der Waals surface area contributed by atoms with Gasteiger partial charge in [0.1, 0.15) is 5.75 Å². The van der Waals surface area contributed by atoms with Gasteiger partial charge in [0.15, 0.2) is 0 Å². The lowest BCUT2D eigenvalue weighted by atomic mass is 10.0. The summed E-state index contributed by atoms with van der Waals surface area (Å²) in [6.45, 7) is 9.71. The van der Waals surface area contributed by atoms with Gasteiger partial charge in [-0.15, -0.1) is 0 Å². The second kappa shape index (κ2) is 13.6. The fraction of sp³-hybridized carbons (Fsp3) is 0.714. The van der Waals surface area contributed by atoms with E-state index in [2.05, 4.69) is 44.7 Å². The van der Waals surface area contributed by atoms with Crippen molar-refractivity contribution in [1.29, 1.82) is 0 Å². The number of hydrogen-bond acceptors (Lipinski definition) is 4. The topological polar surface area (TPSA) is 27.7 Å². The molecule has 0 aliphatic rings. The van der Waals surface area contributed by atoms with Gasteiger partial charge in [0.05, 0.1) is 0 Å². The van der Waals surface area contributed by atoms with Crippen molar-refractivity contribution < 1.29 is 13.3 Å². The van der Waals surface area contributed by atoms with E-state index in [-0.39, 0.29) is 0 Å². The molecule has 0 saturated carbocycles. The van der Waals surface area contributed by atoms with Gasteiger partial charge in [-0.3, -0.25) is 0 Å². The maximum atomic E-state index is 6.53. The Morgan fingerprint density at radius 2 is 1.54 bits per heavy atom. The van der Waals surface area contributed by atoms with Crippen LogP contribution in [0.25, 0.3) is 0 Å². The van der Waals surface area contributed by atoms with Gasteiger partial charge in [-0.25, -0.2) is 0 Å². The first kappa shape index (κ1) is 23.5. The van der Waals surface area contributed by atoms with Crippen molar-refractivity contribution in [2.45, 2.75) is 78.7 Å². The zero-order valence-electron chi connectivity index (χ0n) is 17.2. The molecular formula is C21H38O3SSi. The van der Waals surface area contributed by atoms with Crippen LogP contribution in [0.15, 0.2) is 18.2 Å². The molecule has 0 atom stereocenters. The quantitative estimate of drug-likeness (QED) is 0.286. The first-order valence-electron chi connectivity index (χ1n) is 10.3. The smallest absolute Gasteiger partial charge is 0.500 e. The van der Waals surface area contributed by atoms with Crippen molar-refractivity contribution in [3.63, 3.8) is 0 Å². The third-order valence-electron chi connectivity index (χ3n) is 4.38. The molecule has 0 bridgehead atoms. The molecule has 0 aliphatic heterocycles. The number of benzene rings is 1. The minimum absolute atomic E-state index is 0.609. The van der Waals surface area contributed by atoms with Crippen LogP contribution in [0.2, 0.25) is 6.04 Å². The number of unbranched alkanes of at least 4 members (excludes halogenated alkanes) is 2. The van der Waals surface area contributed by atoms with Crippen LogP contribution in [-0.2, 0) is 21.7 Å². The molecule has 1 rings (SSSR count). The van der Waals surface area contributed by atoms with Gasteiger partial charge in [0.25, 0.3) is 0 Å². The third kappa shape index (κ3) is 8.03. The van der Waals surface area contributed by atoms with Crippen molar-refractivity contribution in [2.24, 2.45) is 0 Å². The summed E-state index contributed by atoms with van der Waals surface area (Å²) in [5.74, 6) is 1.77. The van der Waals surface area contributed by atoms with E-state index in [4.69, 9.17) is 13.3 Å². The van der Waals surface area contributed by atoms with E-state index in [0.717, 1.165) is 36.8 Å². The van der Waals surface area contributed by atoms with Gasteiger partial charge in [-0.2, -0.15) is 12.6 Å². The lowest BCUT2D eigenvalue weighted by molar-refractivity contribution is 0.116.